The second kappa shape index (κ2) is 3.38. The number of H-pyrrole nitrogens is 1. The Morgan fingerprint density at radius 2 is 2.36 bits per heavy atom. The van der Waals surface area contributed by atoms with Gasteiger partial charge in [-0.25, -0.2) is 9.78 Å². The molecule has 0 aliphatic heterocycles. The number of aromatic amines is 1. The third kappa shape index (κ3) is 1.37. The van der Waals surface area contributed by atoms with Crippen molar-refractivity contribution in [3.05, 3.63) is 22.7 Å². The summed E-state index contributed by atoms with van der Waals surface area (Å²) in [5.41, 5.74) is 1.36. The van der Waals surface area contributed by atoms with Gasteiger partial charge in [0.15, 0.2) is 0 Å². The van der Waals surface area contributed by atoms with Crippen molar-refractivity contribution >= 4 is 32.9 Å². The molecule has 0 fully saturated rings. The number of imidazole rings is 1. The molecule has 5 nitrogen and oxygen atoms in total. The molecular formula is C8H6BrN3O2. The van der Waals surface area contributed by atoms with E-state index in [0.717, 1.165) is 4.47 Å². The molecule has 14 heavy (non-hydrogen) atoms. The Bertz CT molecular complexity index is 494. The average Bonchev–Trinajstić information content (AvgIpc) is 2.62. The minimum absolute atomic E-state index is 0.177. The summed E-state index contributed by atoms with van der Waals surface area (Å²) in [5.74, 6) is -0.315. The van der Waals surface area contributed by atoms with Crippen LogP contribution >= 0.6 is 15.9 Å². The third-order valence-electron chi connectivity index (χ3n) is 1.73. The van der Waals surface area contributed by atoms with E-state index in [9.17, 15) is 4.79 Å². The van der Waals surface area contributed by atoms with Gasteiger partial charge in [-0.15, -0.1) is 0 Å². The van der Waals surface area contributed by atoms with Crippen LogP contribution in [0.3, 0.4) is 0 Å². The number of hydrogen-bond donors (Lipinski definition) is 1. The zero-order valence-electron chi connectivity index (χ0n) is 7.24. The molecule has 0 bridgehead atoms. The van der Waals surface area contributed by atoms with Crippen molar-refractivity contribution in [1.82, 2.24) is 15.0 Å². The first kappa shape index (κ1) is 9.14. The van der Waals surface area contributed by atoms with Crippen molar-refractivity contribution in [3.63, 3.8) is 0 Å². The summed E-state index contributed by atoms with van der Waals surface area (Å²) < 4.78 is 5.27. The van der Waals surface area contributed by atoms with Crippen molar-refractivity contribution < 1.29 is 9.53 Å². The SMILES string of the molecule is COC(=O)c1nc2c(Br)cncc2[nH]1. The summed E-state index contributed by atoms with van der Waals surface area (Å²) in [4.78, 5) is 22.0. The van der Waals surface area contributed by atoms with Crippen LogP contribution < -0.4 is 0 Å². The van der Waals surface area contributed by atoms with E-state index in [1.54, 1.807) is 12.4 Å². The smallest absolute Gasteiger partial charge is 0.374 e. The first-order valence-corrected chi connectivity index (χ1v) is 4.59. The summed E-state index contributed by atoms with van der Waals surface area (Å²) in [6.07, 6.45) is 3.21. The Hall–Kier alpha value is -1.43. The van der Waals surface area contributed by atoms with Gasteiger partial charge in [0.1, 0.15) is 5.52 Å². The first-order valence-electron chi connectivity index (χ1n) is 3.80. The molecule has 0 saturated carbocycles. The summed E-state index contributed by atoms with van der Waals surface area (Å²) in [6, 6.07) is 0. The second-order valence-corrected chi connectivity index (χ2v) is 3.45. The van der Waals surface area contributed by atoms with E-state index in [1.807, 2.05) is 0 Å². The van der Waals surface area contributed by atoms with Crippen LogP contribution in [0, 0.1) is 0 Å². The van der Waals surface area contributed by atoms with Gasteiger partial charge in [0.25, 0.3) is 0 Å². The summed E-state index contributed by atoms with van der Waals surface area (Å²) in [6.45, 7) is 0. The van der Waals surface area contributed by atoms with Crippen molar-refractivity contribution in [2.24, 2.45) is 0 Å². The Labute approximate surface area is 87.6 Å². The number of aromatic nitrogens is 3. The van der Waals surface area contributed by atoms with E-state index in [4.69, 9.17) is 0 Å². The number of halogens is 1. The van der Waals surface area contributed by atoms with Gasteiger partial charge in [-0.2, -0.15) is 0 Å². The molecule has 0 atom stereocenters. The lowest BCUT2D eigenvalue weighted by atomic mass is 10.4. The minimum Gasteiger partial charge on any atom is -0.463 e. The molecule has 0 aliphatic carbocycles. The highest BCUT2D eigenvalue weighted by atomic mass is 79.9. The van der Waals surface area contributed by atoms with Crippen molar-refractivity contribution in [1.29, 1.82) is 0 Å². The van der Waals surface area contributed by atoms with E-state index in [-0.39, 0.29) is 5.82 Å². The van der Waals surface area contributed by atoms with Crippen molar-refractivity contribution in [2.45, 2.75) is 0 Å². The number of carbonyl (C=O) groups is 1. The van der Waals surface area contributed by atoms with Gasteiger partial charge in [0, 0.05) is 6.20 Å². The second-order valence-electron chi connectivity index (χ2n) is 2.59. The first-order chi connectivity index (χ1) is 6.72. The maximum Gasteiger partial charge on any atom is 0.374 e. The number of hydrogen-bond acceptors (Lipinski definition) is 4. The molecule has 2 aromatic rings. The number of nitrogens with zero attached hydrogens (tertiary/aromatic N) is 2. The van der Waals surface area contributed by atoms with Gasteiger partial charge < -0.3 is 9.72 Å². The zero-order valence-corrected chi connectivity index (χ0v) is 8.83. The van der Waals surface area contributed by atoms with Crippen LogP contribution in [0.1, 0.15) is 10.6 Å². The lowest BCUT2D eigenvalue weighted by Gasteiger charge is -1.90. The lowest BCUT2D eigenvalue weighted by Crippen LogP contribution is -2.02. The molecule has 0 amide bonds. The Balaban J connectivity index is 2.62. The van der Waals surface area contributed by atoms with Crippen molar-refractivity contribution in [2.75, 3.05) is 7.11 Å². The molecule has 0 unspecified atom stereocenters. The fourth-order valence-corrected chi connectivity index (χ4v) is 1.51. The van der Waals surface area contributed by atoms with Gasteiger partial charge >= 0.3 is 5.97 Å². The number of carbonyl (C=O) groups excluding carboxylic acids is 1. The summed E-state index contributed by atoms with van der Waals surface area (Å²) >= 11 is 3.28. The number of nitrogens with one attached hydrogen (secondary N) is 1. The third-order valence-corrected chi connectivity index (χ3v) is 2.31. The number of rotatable bonds is 1. The molecule has 0 aliphatic rings. The molecule has 2 aromatic heterocycles. The fourth-order valence-electron chi connectivity index (χ4n) is 1.09. The number of esters is 1. The van der Waals surface area contributed by atoms with E-state index >= 15 is 0 Å². The van der Waals surface area contributed by atoms with E-state index in [1.165, 1.54) is 7.11 Å². The van der Waals surface area contributed by atoms with E-state index in [0.29, 0.717) is 11.0 Å². The van der Waals surface area contributed by atoms with Crippen molar-refractivity contribution in [3.8, 4) is 0 Å². The molecular weight excluding hydrogens is 250 g/mol. The molecule has 0 saturated heterocycles. The molecule has 0 radical (unpaired) electrons. The van der Waals surface area contributed by atoms with Crippen LogP contribution in [-0.4, -0.2) is 28.0 Å². The predicted octanol–water partition coefficient (Wildman–Crippen LogP) is 1.51. The Kier molecular flexibility index (Phi) is 2.20. The fraction of sp³-hybridized carbons (Fsp3) is 0.125. The largest absolute Gasteiger partial charge is 0.463 e. The highest BCUT2D eigenvalue weighted by Crippen LogP contribution is 2.20. The van der Waals surface area contributed by atoms with E-state index < -0.39 is 5.97 Å². The van der Waals surface area contributed by atoms with Crippen LogP contribution in [0.25, 0.3) is 11.0 Å². The van der Waals surface area contributed by atoms with Gasteiger partial charge in [0.2, 0.25) is 5.82 Å². The Morgan fingerprint density at radius 3 is 3.00 bits per heavy atom. The maximum absolute atomic E-state index is 11.1. The molecule has 0 aromatic carbocycles. The van der Waals surface area contributed by atoms with Crippen LogP contribution in [0.2, 0.25) is 0 Å². The lowest BCUT2D eigenvalue weighted by molar-refractivity contribution is 0.0588. The standard InChI is InChI=1S/C8H6BrN3O2/c1-14-8(13)7-11-5-3-10-2-4(9)6(5)12-7/h2-3H,1H3,(H,11,12). The number of fused-ring (bicyclic) bond motifs is 1. The average molecular weight is 256 g/mol. The van der Waals surface area contributed by atoms with Crippen LogP contribution in [-0.2, 0) is 4.74 Å². The monoisotopic (exact) mass is 255 g/mol. The normalized spacial score (nSPS) is 10.4. The predicted molar refractivity (Wildman–Crippen MR) is 52.9 cm³/mol. The topological polar surface area (TPSA) is 67.9 Å². The number of methoxy groups -OCH3 is 1. The minimum atomic E-state index is -0.492. The van der Waals surface area contributed by atoms with Gasteiger partial charge in [-0.1, -0.05) is 0 Å². The van der Waals surface area contributed by atoms with Gasteiger partial charge in [-0.05, 0) is 15.9 Å². The van der Waals surface area contributed by atoms with Gasteiger partial charge in [-0.3, -0.25) is 4.98 Å². The summed E-state index contributed by atoms with van der Waals surface area (Å²) in [7, 11) is 1.31. The number of pyridine rings is 1. The highest BCUT2D eigenvalue weighted by molar-refractivity contribution is 9.10. The molecule has 72 valence electrons. The van der Waals surface area contributed by atoms with Crippen LogP contribution in [0.4, 0.5) is 0 Å². The Morgan fingerprint density at radius 1 is 1.57 bits per heavy atom. The van der Waals surface area contributed by atoms with E-state index in [2.05, 4.69) is 35.6 Å². The highest BCUT2D eigenvalue weighted by Gasteiger charge is 2.12. The summed E-state index contributed by atoms with van der Waals surface area (Å²) in [5, 5.41) is 0. The number of ether oxygens (including phenoxy) is 1. The molecule has 6 heteroatoms. The van der Waals surface area contributed by atoms with Crippen LogP contribution in [0.15, 0.2) is 16.9 Å². The molecule has 0 spiro atoms. The van der Waals surface area contributed by atoms with Crippen LogP contribution in [0.5, 0.6) is 0 Å². The quantitative estimate of drug-likeness (QED) is 0.785. The van der Waals surface area contributed by atoms with Gasteiger partial charge in [0.05, 0.1) is 23.3 Å². The molecule has 1 N–H and O–H groups in total. The molecule has 2 heterocycles. The maximum atomic E-state index is 11.1. The zero-order chi connectivity index (χ0) is 10.1. The molecule has 2 rings (SSSR count).